The first-order valence-corrected chi connectivity index (χ1v) is 13.2. The van der Waals surface area contributed by atoms with Gasteiger partial charge in [0.15, 0.2) is 0 Å². The highest BCUT2D eigenvalue weighted by atomic mass is 16.3. The van der Waals surface area contributed by atoms with Crippen molar-refractivity contribution in [3.05, 3.63) is 46.5 Å². The first-order valence-electron chi connectivity index (χ1n) is 13.2. The molecule has 0 unspecified atom stereocenters. The van der Waals surface area contributed by atoms with Crippen molar-refractivity contribution in [3.63, 3.8) is 0 Å². The first-order chi connectivity index (χ1) is 16.9. The van der Waals surface area contributed by atoms with E-state index in [1.54, 1.807) is 12.1 Å². The summed E-state index contributed by atoms with van der Waals surface area (Å²) in [5.41, 5.74) is 3.70. The Morgan fingerprint density at radius 3 is 2.46 bits per heavy atom. The number of amides is 2. The van der Waals surface area contributed by atoms with Gasteiger partial charge in [-0.2, -0.15) is 0 Å². The molecule has 2 amide bonds. The van der Waals surface area contributed by atoms with Crippen molar-refractivity contribution in [2.24, 2.45) is 17.8 Å². The van der Waals surface area contributed by atoms with Gasteiger partial charge in [-0.25, -0.2) is 0 Å². The number of aliphatic hydroxyl groups is 2. The Labute approximate surface area is 209 Å². The number of aromatic hydroxyl groups is 1. The number of para-hydroxylation sites is 1. The van der Waals surface area contributed by atoms with E-state index in [1.165, 1.54) is 4.90 Å². The molecule has 6 heteroatoms. The summed E-state index contributed by atoms with van der Waals surface area (Å²) in [4.78, 5) is 27.6. The molecule has 6 nitrogen and oxygen atoms in total. The molecule has 1 aliphatic carbocycles. The minimum Gasteiger partial charge on any atom is -0.507 e. The van der Waals surface area contributed by atoms with Crippen LogP contribution in [-0.2, 0) is 9.59 Å². The molecule has 4 atom stereocenters. The van der Waals surface area contributed by atoms with Crippen molar-refractivity contribution < 1.29 is 24.9 Å². The van der Waals surface area contributed by atoms with E-state index < -0.39 is 23.9 Å². The average molecular weight is 484 g/mol. The quantitative estimate of drug-likeness (QED) is 0.292. The van der Waals surface area contributed by atoms with Gasteiger partial charge in [-0.15, -0.1) is 0 Å². The van der Waals surface area contributed by atoms with Gasteiger partial charge in [0.05, 0.1) is 24.5 Å². The molecule has 0 saturated carbocycles. The molecule has 1 saturated heterocycles. The van der Waals surface area contributed by atoms with Gasteiger partial charge in [-0.3, -0.25) is 14.5 Å². The molecule has 35 heavy (non-hydrogen) atoms. The number of carbonyl (C=O) groups excluding carboxylic acids is 2. The summed E-state index contributed by atoms with van der Waals surface area (Å²) in [6.07, 6.45) is 6.94. The molecule has 0 bridgehead atoms. The summed E-state index contributed by atoms with van der Waals surface area (Å²) < 4.78 is 0. The minimum absolute atomic E-state index is 0.127. The van der Waals surface area contributed by atoms with E-state index in [4.69, 9.17) is 0 Å². The molecule has 1 heterocycles. The maximum Gasteiger partial charge on any atom is 0.233 e. The number of likely N-dealkylation sites (tertiary alicyclic amines) is 1. The first kappa shape index (κ1) is 27.2. The van der Waals surface area contributed by atoms with E-state index in [9.17, 15) is 24.9 Å². The summed E-state index contributed by atoms with van der Waals surface area (Å²) in [5, 5.41) is 32.0. The molecule has 1 aliphatic heterocycles. The molecule has 0 radical (unpaired) electrons. The average Bonchev–Trinajstić information content (AvgIpc) is 3.08. The predicted octanol–water partition coefficient (Wildman–Crippen LogP) is 4.84. The molecular formula is C29H41NO5. The van der Waals surface area contributed by atoms with Crippen LogP contribution in [0.4, 0.5) is 0 Å². The number of nitrogens with zero attached hydrogens (tertiary/aromatic N) is 1. The number of hydrogen-bond donors (Lipinski definition) is 3. The van der Waals surface area contributed by atoms with Crippen LogP contribution in [-0.4, -0.2) is 51.3 Å². The van der Waals surface area contributed by atoms with E-state index in [-0.39, 0.29) is 24.2 Å². The number of carbonyl (C=O) groups is 2. The Morgan fingerprint density at radius 2 is 1.83 bits per heavy atom. The zero-order valence-corrected chi connectivity index (χ0v) is 21.4. The molecule has 1 fully saturated rings. The SMILES string of the molecule is CCCC1=C([C@H](O)CC/C(=C/c2ccccc2O)CCC)[C@H](CO)[C@@H]2C(=O)N(CCC)C(=O)[C@@H]2C1. The zero-order valence-electron chi connectivity index (χ0n) is 21.4. The van der Waals surface area contributed by atoms with Gasteiger partial charge in [0.2, 0.25) is 11.8 Å². The number of rotatable bonds is 12. The molecule has 3 N–H and O–H groups in total. The molecule has 3 rings (SSSR count). The highest BCUT2D eigenvalue weighted by Crippen LogP contribution is 2.47. The van der Waals surface area contributed by atoms with Crippen LogP contribution in [0, 0.1) is 17.8 Å². The van der Waals surface area contributed by atoms with E-state index in [0.29, 0.717) is 32.2 Å². The van der Waals surface area contributed by atoms with E-state index in [0.717, 1.165) is 48.0 Å². The Balaban J connectivity index is 1.87. The third-order valence-electron chi connectivity index (χ3n) is 7.44. The smallest absolute Gasteiger partial charge is 0.233 e. The molecule has 1 aromatic carbocycles. The van der Waals surface area contributed by atoms with Crippen molar-refractivity contribution in [1.82, 2.24) is 4.90 Å². The fourth-order valence-electron chi connectivity index (χ4n) is 5.90. The summed E-state index contributed by atoms with van der Waals surface area (Å²) in [6, 6.07) is 7.22. The second-order valence-electron chi connectivity index (χ2n) is 9.93. The minimum atomic E-state index is -0.789. The number of hydrogen-bond acceptors (Lipinski definition) is 5. The summed E-state index contributed by atoms with van der Waals surface area (Å²) >= 11 is 0. The molecule has 2 aliphatic rings. The highest BCUT2D eigenvalue weighted by Gasteiger charge is 2.54. The van der Waals surface area contributed by atoms with Gasteiger partial charge in [0, 0.05) is 18.0 Å². The Morgan fingerprint density at radius 1 is 1.09 bits per heavy atom. The van der Waals surface area contributed by atoms with E-state index >= 15 is 0 Å². The third kappa shape index (κ3) is 5.87. The molecular weight excluding hydrogens is 442 g/mol. The number of imide groups is 1. The van der Waals surface area contributed by atoms with E-state index in [2.05, 4.69) is 13.8 Å². The molecule has 192 valence electrons. The Kier molecular flexibility index (Phi) is 9.70. The van der Waals surface area contributed by atoms with Gasteiger partial charge >= 0.3 is 0 Å². The Bertz CT molecular complexity index is 966. The maximum absolute atomic E-state index is 13.2. The van der Waals surface area contributed by atoms with Crippen LogP contribution in [0.25, 0.3) is 6.08 Å². The lowest BCUT2D eigenvalue weighted by Gasteiger charge is -2.36. The van der Waals surface area contributed by atoms with Crippen LogP contribution >= 0.6 is 0 Å². The topological polar surface area (TPSA) is 98.1 Å². The fraction of sp³-hybridized carbons (Fsp3) is 0.586. The van der Waals surface area contributed by atoms with Crippen LogP contribution in [0.2, 0.25) is 0 Å². The van der Waals surface area contributed by atoms with Crippen LogP contribution in [0.15, 0.2) is 41.0 Å². The molecule has 0 spiro atoms. The maximum atomic E-state index is 13.2. The van der Waals surface area contributed by atoms with Crippen molar-refractivity contribution in [2.45, 2.75) is 78.2 Å². The van der Waals surface area contributed by atoms with Crippen molar-refractivity contribution >= 4 is 17.9 Å². The second kappa shape index (κ2) is 12.5. The van der Waals surface area contributed by atoms with Gasteiger partial charge in [-0.1, -0.05) is 69.0 Å². The van der Waals surface area contributed by atoms with Crippen molar-refractivity contribution in [1.29, 1.82) is 0 Å². The summed E-state index contributed by atoms with van der Waals surface area (Å²) in [6.45, 7) is 6.26. The van der Waals surface area contributed by atoms with Crippen LogP contribution in [0.3, 0.4) is 0 Å². The number of phenolic OH excluding ortho intramolecular Hbond substituents is 1. The van der Waals surface area contributed by atoms with E-state index in [1.807, 2.05) is 25.1 Å². The van der Waals surface area contributed by atoms with Crippen LogP contribution < -0.4 is 0 Å². The number of aliphatic hydroxyl groups excluding tert-OH is 2. The number of fused-ring (bicyclic) bond motifs is 1. The highest BCUT2D eigenvalue weighted by molar-refractivity contribution is 6.05. The number of benzene rings is 1. The monoisotopic (exact) mass is 483 g/mol. The fourth-order valence-corrected chi connectivity index (χ4v) is 5.90. The Hall–Kier alpha value is -2.44. The largest absolute Gasteiger partial charge is 0.507 e. The van der Waals surface area contributed by atoms with Gasteiger partial charge in [0.1, 0.15) is 5.75 Å². The lowest BCUT2D eigenvalue weighted by molar-refractivity contribution is -0.140. The normalized spacial score (nSPS) is 23.7. The summed E-state index contributed by atoms with van der Waals surface area (Å²) in [7, 11) is 0. The van der Waals surface area contributed by atoms with Gasteiger partial charge < -0.3 is 15.3 Å². The second-order valence-corrected chi connectivity index (χ2v) is 9.93. The molecule has 1 aromatic rings. The van der Waals surface area contributed by atoms with Crippen molar-refractivity contribution in [3.8, 4) is 5.75 Å². The third-order valence-corrected chi connectivity index (χ3v) is 7.44. The lowest BCUT2D eigenvalue weighted by Crippen LogP contribution is -2.39. The van der Waals surface area contributed by atoms with Gasteiger partial charge in [-0.05, 0) is 50.2 Å². The van der Waals surface area contributed by atoms with Gasteiger partial charge in [0.25, 0.3) is 0 Å². The number of phenols is 1. The summed E-state index contributed by atoms with van der Waals surface area (Å²) in [5.74, 6) is -1.64. The zero-order chi connectivity index (χ0) is 25.5. The van der Waals surface area contributed by atoms with Crippen molar-refractivity contribution in [2.75, 3.05) is 13.2 Å². The number of allylic oxidation sites excluding steroid dienone is 2. The standard InChI is InChI=1S/C29H41NO5/c1-4-9-19(16-20-11-7-8-12-24(20)32)13-14-25(33)26-21(10-5-2)17-22-27(23(26)18-31)29(35)30(15-6-3)28(22)34/h7-8,11-12,16,22-23,25,27,31-33H,4-6,9-10,13-15,17-18H2,1-3H3/b19-16+/t22-,23+,25-,27-/m1/s1. The van der Waals surface area contributed by atoms with Crippen LogP contribution in [0.5, 0.6) is 5.75 Å². The predicted molar refractivity (Wildman–Crippen MR) is 137 cm³/mol. The van der Waals surface area contributed by atoms with Crippen LogP contribution in [0.1, 0.15) is 77.7 Å². The lowest BCUT2D eigenvalue weighted by atomic mass is 9.67. The molecule has 0 aromatic heterocycles.